The van der Waals surface area contributed by atoms with Gasteiger partial charge < -0.3 is 0 Å². The molecule has 0 bridgehead atoms. The van der Waals surface area contributed by atoms with Crippen molar-refractivity contribution in [2.45, 2.75) is 32.1 Å². The molecule has 0 N–H and O–H groups in total. The predicted octanol–water partition coefficient (Wildman–Crippen LogP) is 10.00. The number of allylic oxidation sites excluding steroid dienone is 4. The summed E-state index contributed by atoms with van der Waals surface area (Å²) >= 11 is 0. The average molecular weight is 581 g/mol. The van der Waals surface area contributed by atoms with Crippen LogP contribution in [0.1, 0.15) is 37.8 Å². The van der Waals surface area contributed by atoms with Gasteiger partial charge in [-0.15, -0.1) is 0 Å². The fourth-order valence-electron chi connectivity index (χ4n) is 6.74. The molecular formula is C41H32N4. The van der Waals surface area contributed by atoms with E-state index in [2.05, 4.69) is 68.5 Å². The molecule has 4 aromatic carbocycles. The van der Waals surface area contributed by atoms with Crippen LogP contribution in [-0.4, -0.2) is 19.9 Å². The highest BCUT2D eigenvalue weighted by molar-refractivity contribution is 5.87. The third-order valence-corrected chi connectivity index (χ3v) is 9.05. The maximum absolute atomic E-state index is 5.04. The van der Waals surface area contributed by atoms with Crippen LogP contribution in [0.15, 0.2) is 139 Å². The molecule has 0 aliphatic heterocycles. The Hall–Kier alpha value is -5.48. The first-order valence-corrected chi connectivity index (χ1v) is 15.5. The zero-order valence-corrected chi connectivity index (χ0v) is 25.4. The summed E-state index contributed by atoms with van der Waals surface area (Å²) in [6.07, 6.45) is 8.67. The van der Waals surface area contributed by atoms with Gasteiger partial charge in [0.2, 0.25) is 0 Å². The Balaban J connectivity index is 1.33. The molecule has 45 heavy (non-hydrogen) atoms. The van der Waals surface area contributed by atoms with Gasteiger partial charge in [-0.25, -0.2) is 15.0 Å². The molecule has 4 heteroatoms. The first kappa shape index (κ1) is 27.1. The zero-order chi connectivity index (χ0) is 30.4. The maximum atomic E-state index is 5.04. The van der Waals surface area contributed by atoms with E-state index in [9.17, 15) is 0 Å². The number of benzene rings is 4. The third-order valence-electron chi connectivity index (χ3n) is 9.05. The minimum absolute atomic E-state index is 0.00758. The van der Waals surface area contributed by atoms with Crippen LogP contribution in [0.4, 0.5) is 0 Å². The highest BCUT2D eigenvalue weighted by Crippen LogP contribution is 2.50. The number of pyridine rings is 1. The van der Waals surface area contributed by atoms with Crippen LogP contribution in [0.2, 0.25) is 0 Å². The van der Waals surface area contributed by atoms with Crippen molar-refractivity contribution in [3.05, 3.63) is 150 Å². The van der Waals surface area contributed by atoms with Crippen LogP contribution in [0.5, 0.6) is 0 Å². The zero-order valence-electron chi connectivity index (χ0n) is 25.4. The van der Waals surface area contributed by atoms with Gasteiger partial charge in [0.1, 0.15) is 0 Å². The van der Waals surface area contributed by atoms with Crippen LogP contribution < -0.4 is 0 Å². The first-order valence-electron chi connectivity index (χ1n) is 15.5. The first-order chi connectivity index (χ1) is 22.0. The maximum Gasteiger partial charge on any atom is 0.164 e. The molecule has 0 unspecified atom stereocenters. The summed E-state index contributed by atoms with van der Waals surface area (Å²) in [6.45, 7) is 4.69. The van der Waals surface area contributed by atoms with Gasteiger partial charge in [-0.2, -0.15) is 0 Å². The summed E-state index contributed by atoms with van der Waals surface area (Å²) in [6, 6.07) is 39.8. The molecule has 0 amide bonds. The number of rotatable bonds is 5. The molecule has 2 aliphatic carbocycles. The molecule has 2 aliphatic rings. The number of nitrogens with zero attached hydrogens (tertiary/aromatic N) is 4. The molecular weight excluding hydrogens is 548 g/mol. The van der Waals surface area contributed by atoms with Gasteiger partial charge in [0.25, 0.3) is 0 Å². The normalized spacial score (nSPS) is 14.7. The SMILES string of the molecule is CC1(C)C2=C(CCC=C2)c2cc(-c3cc(-c4ccccn4)cc(-c4nc(-c5ccccc5)nc(-c5ccccc5)n4)c3)ccc21. The van der Waals surface area contributed by atoms with Crippen LogP contribution in [-0.2, 0) is 5.41 Å². The van der Waals surface area contributed by atoms with E-state index in [1.165, 1.54) is 27.8 Å². The molecule has 0 fully saturated rings. The van der Waals surface area contributed by atoms with Crippen LogP contribution in [0, 0.1) is 0 Å². The number of hydrogen-bond acceptors (Lipinski definition) is 4. The average Bonchev–Trinajstić information content (AvgIpc) is 3.34. The third kappa shape index (κ3) is 4.89. The number of aromatic nitrogens is 4. The highest BCUT2D eigenvalue weighted by Gasteiger charge is 2.37. The Bertz CT molecular complexity index is 2050. The van der Waals surface area contributed by atoms with Gasteiger partial charge in [0, 0.05) is 33.9 Å². The Labute approximate surface area is 263 Å². The van der Waals surface area contributed by atoms with Crippen molar-refractivity contribution in [1.82, 2.24) is 19.9 Å². The molecule has 0 spiro atoms. The van der Waals surface area contributed by atoms with E-state index in [1.54, 1.807) is 0 Å². The molecule has 0 saturated heterocycles. The van der Waals surface area contributed by atoms with Crippen molar-refractivity contribution >= 4 is 5.57 Å². The van der Waals surface area contributed by atoms with Crippen molar-refractivity contribution in [3.63, 3.8) is 0 Å². The van der Waals surface area contributed by atoms with E-state index in [0.29, 0.717) is 17.5 Å². The summed E-state index contributed by atoms with van der Waals surface area (Å²) in [7, 11) is 0. The quantitative estimate of drug-likeness (QED) is 0.204. The molecule has 216 valence electrons. The van der Waals surface area contributed by atoms with Crippen molar-refractivity contribution in [2.75, 3.05) is 0 Å². The van der Waals surface area contributed by atoms with Gasteiger partial charge in [-0.1, -0.05) is 105 Å². The summed E-state index contributed by atoms with van der Waals surface area (Å²) < 4.78 is 0. The lowest BCUT2D eigenvalue weighted by molar-refractivity contribution is 0.651. The molecule has 0 atom stereocenters. The molecule has 8 rings (SSSR count). The second kappa shape index (κ2) is 10.9. The van der Waals surface area contributed by atoms with E-state index < -0.39 is 0 Å². The van der Waals surface area contributed by atoms with E-state index >= 15 is 0 Å². The standard InChI is InChI=1S/C41H32N4/c1-41(2)35-18-10-9-17-33(35)34-26-29(20-21-36(34)41)30-23-31(37-19-11-12-22-42-37)25-32(24-30)40-44-38(27-13-5-3-6-14-27)43-39(45-40)28-15-7-4-8-16-28/h3-8,10-16,18-26H,9,17H2,1-2H3. The summed E-state index contributed by atoms with van der Waals surface area (Å²) in [5.41, 5.74) is 12.8. The van der Waals surface area contributed by atoms with E-state index in [0.717, 1.165) is 46.4 Å². The fraction of sp³-hybridized carbons (Fsp3) is 0.122. The molecule has 4 nitrogen and oxygen atoms in total. The van der Waals surface area contributed by atoms with Gasteiger partial charge in [0.05, 0.1) is 5.69 Å². The fourth-order valence-corrected chi connectivity index (χ4v) is 6.74. The molecule has 0 radical (unpaired) electrons. The van der Waals surface area contributed by atoms with Gasteiger partial charge in [-0.3, -0.25) is 4.98 Å². The largest absolute Gasteiger partial charge is 0.256 e. The summed E-state index contributed by atoms with van der Waals surface area (Å²) in [5.74, 6) is 1.93. The van der Waals surface area contributed by atoms with Crippen LogP contribution in [0.3, 0.4) is 0 Å². The Morgan fingerprint density at radius 1 is 0.556 bits per heavy atom. The smallest absolute Gasteiger partial charge is 0.164 e. The molecule has 2 heterocycles. The lowest BCUT2D eigenvalue weighted by atomic mass is 9.80. The van der Waals surface area contributed by atoms with Gasteiger partial charge in [-0.05, 0) is 82.6 Å². The topological polar surface area (TPSA) is 51.6 Å². The number of hydrogen-bond donors (Lipinski definition) is 0. The van der Waals surface area contributed by atoms with E-state index in [1.807, 2.05) is 79.0 Å². The lowest BCUT2D eigenvalue weighted by Gasteiger charge is -2.24. The second-order valence-electron chi connectivity index (χ2n) is 12.3. The van der Waals surface area contributed by atoms with Crippen LogP contribution >= 0.6 is 0 Å². The molecule has 2 aromatic heterocycles. The second-order valence-corrected chi connectivity index (χ2v) is 12.3. The van der Waals surface area contributed by atoms with Crippen LogP contribution in [0.25, 0.3) is 62.1 Å². The predicted molar refractivity (Wildman–Crippen MR) is 183 cm³/mol. The van der Waals surface area contributed by atoms with Crippen molar-refractivity contribution in [3.8, 4) is 56.5 Å². The highest BCUT2D eigenvalue weighted by atomic mass is 15.0. The molecule has 0 saturated carbocycles. The van der Waals surface area contributed by atoms with E-state index in [-0.39, 0.29) is 5.41 Å². The van der Waals surface area contributed by atoms with Crippen molar-refractivity contribution < 1.29 is 0 Å². The minimum atomic E-state index is 0.00758. The van der Waals surface area contributed by atoms with Gasteiger partial charge in [0.15, 0.2) is 17.5 Å². The summed E-state index contributed by atoms with van der Waals surface area (Å²) in [5, 5.41) is 0. The van der Waals surface area contributed by atoms with E-state index in [4.69, 9.17) is 19.9 Å². The van der Waals surface area contributed by atoms with Gasteiger partial charge >= 0.3 is 0 Å². The Morgan fingerprint density at radius 3 is 1.84 bits per heavy atom. The Kier molecular flexibility index (Phi) is 6.57. The van der Waals surface area contributed by atoms with Crippen molar-refractivity contribution in [1.29, 1.82) is 0 Å². The summed E-state index contributed by atoms with van der Waals surface area (Å²) in [4.78, 5) is 19.7. The monoisotopic (exact) mass is 580 g/mol. The lowest BCUT2D eigenvalue weighted by Crippen LogP contribution is -2.16. The molecule has 6 aromatic rings. The Morgan fingerprint density at radius 2 is 1.18 bits per heavy atom. The van der Waals surface area contributed by atoms with Crippen molar-refractivity contribution in [2.24, 2.45) is 0 Å². The minimum Gasteiger partial charge on any atom is -0.256 e. The number of fused-ring (bicyclic) bond motifs is 2.